The SMILES string of the molecule is O=CC1CCN([N+](=O)[O-])c2ccccc21. The molecule has 5 heteroatoms. The van der Waals surface area contributed by atoms with Crippen LogP contribution in [0.5, 0.6) is 0 Å². The standard InChI is InChI=1S/C10H10N2O3/c13-7-8-5-6-11(12(14)15)10-4-2-1-3-9(8)10/h1-4,7-8H,5-6H2. The molecule has 15 heavy (non-hydrogen) atoms. The number of hydrogen-bond donors (Lipinski definition) is 0. The number of carbonyl (C=O) groups excluding carboxylic acids is 1. The van der Waals surface area contributed by atoms with Crippen LogP contribution in [0.4, 0.5) is 5.69 Å². The molecule has 78 valence electrons. The summed E-state index contributed by atoms with van der Waals surface area (Å²) in [4.78, 5) is 21.6. The van der Waals surface area contributed by atoms with Crippen LogP contribution in [0, 0.1) is 10.1 Å². The Kier molecular flexibility index (Phi) is 2.37. The summed E-state index contributed by atoms with van der Waals surface area (Å²) in [6.45, 7) is 0.285. The molecule has 1 aromatic rings. The predicted molar refractivity (Wildman–Crippen MR) is 54.2 cm³/mol. The number of para-hydroxylation sites is 1. The summed E-state index contributed by atoms with van der Waals surface area (Å²) >= 11 is 0. The molecule has 0 saturated heterocycles. The molecule has 1 aromatic carbocycles. The van der Waals surface area contributed by atoms with Crippen LogP contribution in [0.1, 0.15) is 17.9 Å². The number of carbonyl (C=O) groups is 1. The monoisotopic (exact) mass is 206 g/mol. The highest BCUT2D eigenvalue weighted by molar-refractivity contribution is 5.70. The van der Waals surface area contributed by atoms with Crippen molar-refractivity contribution < 1.29 is 9.83 Å². The molecule has 1 heterocycles. The number of benzene rings is 1. The number of nitrogens with zero attached hydrogens (tertiary/aromatic N) is 2. The molecule has 0 N–H and O–H groups in total. The summed E-state index contributed by atoms with van der Waals surface area (Å²) in [5.74, 6) is -0.211. The van der Waals surface area contributed by atoms with Crippen LogP contribution in [-0.2, 0) is 4.79 Å². The first-order valence-electron chi connectivity index (χ1n) is 4.70. The molecule has 0 spiro atoms. The van der Waals surface area contributed by atoms with Gasteiger partial charge in [0, 0.05) is 5.92 Å². The van der Waals surface area contributed by atoms with Crippen molar-refractivity contribution in [3.8, 4) is 0 Å². The smallest absolute Gasteiger partial charge is 0.165 e. The van der Waals surface area contributed by atoms with Gasteiger partial charge in [-0.1, -0.05) is 23.2 Å². The van der Waals surface area contributed by atoms with E-state index in [0.29, 0.717) is 12.1 Å². The van der Waals surface area contributed by atoms with Gasteiger partial charge in [0.25, 0.3) is 0 Å². The number of hydrazine groups is 1. The Bertz CT molecular complexity index is 405. The summed E-state index contributed by atoms with van der Waals surface area (Å²) in [5.41, 5.74) is 1.28. The second-order valence-electron chi connectivity index (χ2n) is 3.45. The highest BCUT2D eigenvalue weighted by Crippen LogP contribution is 2.33. The molecule has 0 radical (unpaired) electrons. The van der Waals surface area contributed by atoms with Crippen LogP contribution in [-0.4, -0.2) is 17.9 Å². The summed E-state index contributed by atoms with van der Waals surface area (Å²) in [6.07, 6.45) is 1.36. The third-order valence-corrected chi connectivity index (χ3v) is 2.63. The topological polar surface area (TPSA) is 63.5 Å². The van der Waals surface area contributed by atoms with E-state index in [-0.39, 0.29) is 12.5 Å². The second kappa shape index (κ2) is 3.68. The molecular formula is C10H10N2O3. The molecule has 1 unspecified atom stereocenters. The van der Waals surface area contributed by atoms with Crippen LogP contribution in [0.15, 0.2) is 24.3 Å². The third kappa shape index (κ3) is 1.56. The average Bonchev–Trinajstić information content (AvgIpc) is 2.27. The fourth-order valence-corrected chi connectivity index (χ4v) is 1.88. The van der Waals surface area contributed by atoms with Gasteiger partial charge >= 0.3 is 0 Å². The Balaban J connectivity index is 2.47. The molecule has 0 fully saturated rings. The van der Waals surface area contributed by atoms with E-state index in [1.807, 2.05) is 0 Å². The van der Waals surface area contributed by atoms with Crippen molar-refractivity contribution in [2.75, 3.05) is 11.6 Å². The van der Waals surface area contributed by atoms with Gasteiger partial charge in [-0.25, -0.2) is 10.1 Å². The highest BCUT2D eigenvalue weighted by Gasteiger charge is 2.30. The molecule has 0 amide bonds. The zero-order chi connectivity index (χ0) is 10.8. The fourth-order valence-electron chi connectivity index (χ4n) is 1.88. The van der Waals surface area contributed by atoms with E-state index in [4.69, 9.17) is 0 Å². The molecular weight excluding hydrogens is 196 g/mol. The van der Waals surface area contributed by atoms with Gasteiger partial charge in [-0.3, -0.25) is 0 Å². The largest absolute Gasteiger partial charge is 0.303 e. The Morgan fingerprint density at radius 3 is 2.87 bits per heavy atom. The first kappa shape index (κ1) is 9.64. The van der Waals surface area contributed by atoms with E-state index in [1.165, 1.54) is 0 Å². The van der Waals surface area contributed by atoms with Crippen molar-refractivity contribution >= 4 is 12.0 Å². The summed E-state index contributed by atoms with van der Waals surface area (Å²) in [6, 6.07) is 6.97. The van der Waals surface area contributed by atoms with Crippen LogP contribution in [0.2, 0.25) is 0 Å². The van der Waals surface area contributed by atoms with Crippen molar-refractivity contribution in [2.24, 2.45) is 0 Å². The van der Waals surface area contributed by atoms with Gasteiger partial charge in [-0.05, 0) is 18.1 Å². The second-order valence-corrected chi connectivity index (χ2v) is 3.45. The van der Waals surface area contributed by atoms with E-state index in [2.05, 4.69) is 0 Å². The van der Waals surface area contributed by atoms with Crippen LogP contribution in [0.25, 0.3) is 0 Å². The Labute approximate surface area is 86.4 Å². The van der Waals surface area contributed by atoms with E-state index >= 15 is 0 Å². The number of fused-ring (bicyclic) bond motifs is 1. The summed E-state index contributed by atoms with van der Waals surface area (Å²) < 4.78 is 0. The lowest BCUT2D eigenvalue weighted by molar-refractivity contribution is -0.495. The first-order chi connectivity index (χ1) is 7.24. The van der Waals surface area contributed by atoms with Gasteiger partial charge < -0.3 is 4.79 Å². The van der Waals surface area contributed by atoms with Crippen LogP contribution in [0.3, 0.4) is 0 Å². The number of hydrogen-bond acceptors (Lipinski definition) is 3. The molecule has 0 aromatic heterocycles. The Hall–Kier alpha value is -1.91. The summed E-state index contributed by atoms with van der Waals surface area (Å²) in [7, 11) is 0. The van der Waals surface area contributed by atoms with Crippen molar-refractivity contribution in [3.05, 3.63) is 39.9 Å². The predicted octanol–water partition coefficient (Wildman–Crippen LogP) is 1.37. The minimum atomic E-state index is -0.431. The molecule has 0 aliphatic carbocycles. The molecule has 2 rings (SSSR count). The van der Waals surface area contributed by atoms with Crippen LogP contribution < -0.4 is 5.01 Å². The van der Waals surface area contributed by atoms with Gasteiger partial charge in [0.15, 0.2) is 5.03 Å². The van der Waals surface area contributed by atoms with Gasteiger partial charge in [0.05, 0.1) is 6.54 Å². The molecule has 1 aliphatic rings. The number of nitro groups is 1. The van der Waals surface area contributed by atoms with Crippen molar-refractivity contribution in [1.29, 1.82) is 0 Å². The fraction of sp³-hybridized carbons (Fsp3) is 0.300. The Morgan fingerprint density at radius 2 is 2.20 bits per heavy atom. The minimum Gasteiger partial charge on any atom is -0.303 e. The maximum Gasteiger partial charge on any atom is 0.165 e. The van der Waals surface area contributed by atoms with Crippen molar-refractivity contribution in [1.82, 2.24) is 0 Å². The third-order valence-electron chi connectivity index (χ3n) is 2.63. The lowest BCUT2D eigenvalue weighted by atomic mass is 9.92. The van der Waals surface area contributed by atoms with Gasteiger partial charge in [0.1, 0.15) is 12.0 Å². The molecule has 0 bridgehead atoms. The lowest BCUT2D eigenvalue weighted by Crippen LogP contribution is -2.36. The molecule has 0 saturated carbocycles. The van der Waals surface area contributed by atoms with E-state index in [0.717, 1.165) is 16.9 Å². The van der Waals surface area contributed by atoms with Crippen molar-refractivity contribution in [3.63, 3.8) is 0 Å². The maximum atomic E-state index is 10.8. The zero-order valence-electron chi connectivity index (χ0n) is 8.00. The number of rotatable bonds is 2. The zero-order valence-corrected chi connectivity index (χ0v) is 8.00. The Morgan fingerprint density at radius 1 is 1.47 bits per heavy atom. The van der Waals surface area contributed by atoms with E-state index < -0.39 is 5.03 Å². The number of anilines is 1. The first-order valence-corrected chi connectivity index (χ1v) is 4.70. The van der Waals surface area contributed by atoms with Crippen molar-refractivity contribution in [2.45, 2.75) is 12.3 Å². The lowest BCUT2D eigenvalue weighted by Gasteiger charge is -2.25. The minimum absolute atomic E-state index is 0.211. The van der Waals surface area contributed by atoms with Gasteiger partial charge in [-0.15, -0.1) is 0 Å². The van der Waals surface area contributed by atoms with Gasteiger partial charge in [-0.2, -0.15) is 0 Å². The number of aldehydes is 1. The average molecular weight is 206 g/mol. The molecule has 1 atom stereocenters. The summed E-state index contributed by atoms with van der Waals surface area (Å²) in [5, 5.41) is 11.4. The van der Waals surface area contributed by atoms with E-state index in [1.54, 1.807) is 24.3 Å². The van der Waals surface area contributed by atoms with E-state index in [9.17, 15) is 14.9 Å². The molecule has 1 aliphatic heterocycles. The highest BCUT2D eigenvalue weighted by atomic mass is 16.7. The van der Waals surface area contributed by atoms with Gasteiger partial charge in [0.2, 0.25) is 0 Å². The maximum absolute atomic E-state index is 10.8. The normalized spacial score (nSPS) is 19.5. The quantitative estimate of drug-likeness (QED) is 0.416. The molecule has 5 nitrogen and oxygen atoms in total. The van der Waals surface area contributed by atoms with Crippen LogP contribution >= 0.6 is 0 Å².